The minimum absolute atomic E-state index is 0.735. The number of carbonyl (C=O) groups is 2. The highest BCUT2D eigenvalue weighted by atomic mass is 16.5. The van der Waals surface area contributed by atoms with E-state index >= 15 is 0 Å². The van der Waals surface area contributed by atoms with E-state index in [1.165, 1.54) is 16.3 Å². The second-order valence-electron chi connectivity index (χ2n) is 7.79. The van der Waals surface area contributed by atoms with Gasteiger partial charge >= 0.3 is 11.9 Å². The predicted octanol–water partition coefficient (Wildman–Crippen LogP) is 3.15. The summed E-state index contributed by atoms with van der Waals surface area (Å²) in [7, 11) is 1.69. The molecule has 1 saturated heterocycles. The fraction of sp³-hybridized carbons (Fsp3) is 0.320. The van der Waals surface area contributed by atoms with Gasteiger partial charge in [0.05, 0.1) is 7.11 Å². The standard InChI is InChI=1S/C23H28N4O.C2H2O4/c1-3-26-12-14-27(15-13-26)23-21-7-5-4-6-19(21)16-22(25-23)24-17-18-8-10-20(28-2)11-9-18;3-1(4)2(5)6/h4-11,16H,3,12-15,17H2,1-2H3,(H,24,25);(H,3,4)(H,5,6). The number of aliphatic carboxylic acids is 2. The number of methoxy groups -OCH3 is 1. The van der Waals surface area contributed by atoms with Gasteiger partial charge in [-0.15, -0.1) is 0 Å². The van der Waals surface area contributed by atoms with Crippen molar-refractivity contribution in [2.24, 2.45) is 0 Å². The Kier molecular flexibility index (Phi) is 8.64. The minimum Gasteiger partial charge on any atom is -0.497 e. The summed E-state index contributed by atoms with van der Waals surface area (Å²) in [5.41, 5.74) is 1.20. The van der Waals surface area contributed by atoms with Crippen LogP contribution in [0.25, 0.3) is 10.8 Å². The zero-order chi connectivity index (χ0) is 24.5. The maximum absolute atomic E-state index is 9.10. The second kappa shape index (κ2) is 11.9. The van der Waals surface area contributed by atoms with Crippen molar-refractivity contribution >= 4 is 34.3 Å². The number of aromatic nitrogens is 1. The molecule has 1 aliphatic heterocycles. The van der Waals surface area contributed by atoms with Crippen molar-refractivity contribution in [3.05, 3.63) is 60.2 Å². The van der Waals surface area contributed by atoms with Crippen molar-refractivity contribution in [1.82, 2.24) is 9.88 Å². The average molecular weight is 467 g/mol. The van der Waals surface area contributed by atoms with Crippen LogP contribution in [0.4, 0.5) is 11.6 Å². The summed E-state index contributed by atoms with van der Waals surface area (Å²) in [5, 5.41) is 20.7. The number of fused-ring (bicyclic) bond motifs is 1. The monoisotopic (exact) mass is 466 g/mol. The number of hydrogen-bond acceptors (Lipinski definition) is 7. The molecule has 1 fully saturated rings. The second-order valence-corrected chi connectivity index (χ2v) is 7.79. The third kappa shape index (κ3) is 6.58. The molecule has 2 heterocycles. The first-order valence-electron chi connectivity index (χ1n) is 11.1. The van der Waals surface area contributed by atoms with Crippen LogP contribution < -0.4 is 15.0 Å². The summed E-state index contributed by atoms with van der Waals surface area (Å²) in [4.78, 5) is 28.1. The van der Waals surface area contributed by atoms with Crippen molar-refractivity contribution in [2.75, 3.05) is 50.1 Å². The van der Waals surface area contributed by atoms with Gasteiger partial charge in [-0.25, -0.2) is 14.6 Å². The molecule has 0 atom stereocenters. The van der Waals surface area contributed by atoms with Crippen LogP contribution >= 0.6 is 0 Å². The Morgan fingerprint density at radius 2 is 1.65 bits per heavy atom. The Balaban J connectivity index is 0.000000481. The van der Waals surface area contributed by atoms with E-state index in [0.29, 0.717) is 0 Å². The maximum atomic E-state index is 9.10. The molecule has 3 aromatic rings. The van der Waals surface area contributed by atoms with Crippen LogP contribution in [-0.2, 0) is 16.1 Å². The number of piperazine rings is 1. The summed E-state index contributed by atoms with van der Waals surface area (Å²) >= 11 is 0. The molecule has 9 nitrogen and oxygen atoms in total. The van der Waals surface area contributed by atoms with E-state index in [2.05, 4.69) is 64.5 Å². The Labute approximate surface area is 198 Å². The lowest BCUT2D eigenvalue weighted by Crippen LogP contribution is -2.46. The number of carboxylic acids is 2. The minimum atomic E-state index is -1.82. The molecule has 9 heteroatoms. The molecule has 2 aromatic carbocycles. The van der Waals surface area contributed by atoms with Crippen LogP contribution in [0.3, 0.4) is 0 Å². The van der Waals surface area contributed by atoms with Crippen LogP contribution in [0.5, 0.6) is 5.75 Å². The quantitative estimate of drug-likeness (QED) is 0.471. The van der Waals surface area contributed by atoms with Gasteiger partial charge in [0.25, 0.3) is 0 Å². The van der Waals surface area contributed by atoms with Gasteiger partial charge in [0.2, 0.25) is 0 Å². The van der Waals surface area contributed by atoms with E-state index < -0.39 is 11.9 Å². The van der Waals surface area contributed by atoms with E-state index in [0.717, 1.165) is 56.7 Å². The number of hydrogen-bond donors (Lipinski definition) is 3. The third-order valence-electron chi connectivity index (χ3n) is 5.65. The zero-order valence-electron chi connectivity index (χ0n) is 19.4. The van der Waals surface area contributed by atoms with Gasteiger partial charge in [-0.3, -0.25) is 0 Å². The molecular formula is C25H30N4O5. The van der Waals surface area contributed by atoms with Gasteiger partial charge in [0.1, 0.15) is 17.4 Å². The van der Waals surface area contributed by atoms with Gasteiger partial charge in [0, 0.05) is 38.1 Å². The van der Waals surface area contributed by atoms with Crippen molar-refractivity contribution in [1.29, 1.82) is 0 Å². The van der Waals surface area contributed by atoms with Crippen molar-refractivity contribution in [3.8, 4) is 5.75 Å². The highest BCUT2D eigenvalue weighted by Crippen LogP contribution is 2.28. The molecule has 0 bridgehead atoms. The summed E-state index contributed by atoms with van der Waals surface area (Å²) in [6, 6.07) is 18.8. The van der Waals surface area contributed by atoms with Gasteiger partial charge < -0.3 is 30.1 Å². The number of anilines is 2. The van der Waals surface area contributed by atoms with Crippen molar-refractivity contribution in [3.63, 3.8) is 0 Å². The lowest BCUT2D eigenvalue weighted by Gasteiger charge is -2.35. The summed E-state index contributed by atoms with van der Waals surface area (Å²) in [6.07, 6.45) is 0. The molecule has 0 saturated carbocycles. The highest BCUT2D eigenvalue weighted by molar-refractivity contribution is 6.27. The largest absolute Gasteiger partial charge is 0.497 e. The number of pyridine rings is 1. The third-order valence-corrected chi connectivity index (χ3v) is 5.65. The Morgan fingerprint density at radius 3 is 2.24 bits per heavy atom. The average Bonchev–Trinajstić information content (AvgIpc) is 2.87. The Bertz CT molecular complexity index is 1100. The molecule has 0 spiro atoms. The molecule has 0 amide bonds. The van der Waals surface area contributed by atoms with E-state index in [1.807, 2.05) is 12.1 Å². The van der Waals surface area contributed by atoms with Gasteiger partial charge in [-0.1, -0.05) is 43.3 Å². The summed E-state index contributed by atoms with van der Waals surface area (Å²) in [5.74, 6) is -0.764. The molecule has 0 radical (unpaired) electrons. The van der Waals surface area contributed by atoms with Crippen LogP contribution in [-0.4, -0.2) is 71.9 Å². The van der Waals surface area contributed by atoms with Crippen molar-refractivity contribution in [2.45, 2.75) is 13.5 Å². The first-order chi connectivity index (χ1) is 16.4. The number of nitrogens with zero attached hydrogens (tertiary/aromatic N) is 3. The highest BCUT2D eigenvalue weighted by Gasteiger charge is 2.19. The summed E-state index contributed by atoms with van der Waals surface area (Å²) < 4.78 is 5.24. The van der Waals surface area contributed by atoms with Gasteiger partial charge in [0.15, 0.2) is 0 Å². The van der Waals surface area contributed by atoms with E-state index in [4.69, 9.17) is 29.5 Å². The van der Waals surface area contributed by atoms with Crippen LogP contribution in [0.2, 0.25) is 0 Å². The molecular weight excluding hydrogens is 436 g/mol. The van der Waals surface area contributed by atoms with E-state index in [1.54, 1.807) is 7.11 Å². The molecule has 0 aliphatic carbocycles. The van der Waals surface area contributed by atoms with Crippen LogP contribution in [0.1, 0.15) is 12.5 Å². The smallest absolute Gasteiger partial charge is 0.414 e. The molecule has 0 unspecified atom stereocenters. The first kappa shape index (κ1) is 24.8. The SMILES string of the molecule is CCN1CCN(c2nc(NCc3ccc(OC)cc3)cc3ccccc23)CC1.O=C(O)C(=O)O. The molecule has 180 valence electrons. The molecule has 4 rings (SSSR count). The fourth-order valence-electron chi connectivity index (χ4n) is 3.72. The first-order valence-corrected chi connectivity index (χ1v) is 11.1. The molecule has 34 heavy (non-hydrogen) atoms. The number of carboxylic acid groups (broad SMARTS) is 2. The normalized spacial score (nSPS) is 13.6. The lowest BCUT2D eigenvalue weighted by molar-refractivity contribution is -0.159. The van der Waals surface area contributed by atoms with E-state index in [-0.39, 0.29) is 0 Å². The van der Waals surface area contributed by atoms with Gasteiger partial charge in [-0.05, 0) is 35.7 Å². The zero-order valence-corrected chi connectivity index (χ0v) is 19.4. The number of likely N-dealkylation sites (N-methyl/N-ethyl adjacent to an activating group) is 1. The Hall–Kier alpha value is -3.85. The number of rotatable bonds is 6. The maximum Gasteiger partial charge on any atom is 0.414 e. The van der Waals surface area contributed by atoms with Crippen molar-refractivity contribution < 1.29 is 24.5 Å². The Morgan fingerprint density at radius 1 is 1.00 bits per heavy atom. The molecule has 1 aromatic heterocycles. The van der Waals surface area contributed by atoms with E-state index in [9.17, 15) is 0 Å². The van der Waals surface area contributed by atoms with Gasteiger partial charge in [-0.2, -0.15) is 0 Å². The predicted molar refractivity (Wildman–Crippen MR) is 132 cm³/mol. The fourth-order valence-corrected chi connectivity index (χ4v) is 3.72. The lowest BCUT2D eigenvalue weighted by atomic mass is 10.1. The molecule has 3 N–H and O–H groups in total. The van der Waals surface area contributed by atoms with Crippen LogP contribution in [0, 0.1) is 0 Å². The van der Waals surface area contributed by atoms with Crippen LogP contribution in [0.15, 0.2) is 54.6 Å². The number of nitrogens with one attached hydrogen (secondary N) is 1. The summed E-state index contributed by atoms with van der Waals surface area (Å²) in [6.45, 7) is 8.31. The molecule has 1 aliphatic rings. The topological polar surface area (TPSA) is 115 Å². The number of benzene rings is 2. The number of ether oxygens (including phenoxy) is 1.